The average Bonchev–Trinajstić information content (AvgIpc) is 3.25. The number of ether oxygens (including phenoxy) is 1. The number of aliphatic hydroxyl groups excluding tert-OH is 1. The first-order chi connectivity index (χ1) is 9.17. The van der Waals surface area contributed by atoms with Crippen LogP contribution in [0.15, 0.2) is 30.3 Å². The average molecular weight is 263 g/mol. The van der Waals surface area contributed by atoms with Crippen LogP contribution in [0.1, 0.15) is 17.9 Å². The van der Waals surface area contributed by atoms with Crippen LogP contribution in [-0.4, -0.2) is 36.7 Å². The molecule has 0 heterocycles. The van der Waals surface area contributed by atoms with E-state index in [-0.39, 0.29) is 17.7 Å². The lowest BCUT2D eigenvalue weighted by Crippen LogP contribution is -2.44. The van der Waals surface area contributed by atoms with E-state index in [9.17, 15) is 9.59 Å². The van der Waals surface area contributed by atoms with Gasteiger partial charge in [0.2, 0.25) is 5.91 Å². The van der Waals surface area contributed by atoms with Crippen molar-refractivity contribution in [3.8, 4) is 0 Å². The molecule has 5 nitrogen and oxygen atoms in total. The first-order valence-electron chi connectivity index (χ1n) is 6.21. The van der Waals surface area contributed by atoms with Gasteiger partial charge in [-0.3, -0.25) is 4.79 Å². The Balaban J connectivity index is 1.91. The summed E-state index contributed by atoms with van der Waals surface area (Å²) in [6.45, 7) is -0.457. The van der Waals surface area contributed by atoms with Crippen molar-refractivity contribution in [2.45, 2.75) is 18.4 Å². The Kier molecular flexibility index (Phi) is 4.16. The van der Waals surface area contributed by atoms with E-state index in [0.717, 1.165) is 12.0 Å². The highest BCUT2D eigenvalue weighted by atomic mass is 16.5. The molecular weight excluding hydrogens is 246 g/mol. The largest absolute Gasteiger partial charge is 0.467 e. The minimum atomic E-state index is -0.977. The van der Waals surface area contributed by atoms with Crippen LogP contribution in [-0.2, 0) is 14.3 Å². The zero-order valence-electron chi connectivity index (χ0n) is 10.7. The molecule has 0 aromatic heterocycles. The van der Waals surface area contributed by atoms with Gasteiger partial charge in [0.1, 0.15) is 0 Å². The molecular formula is C14H17NO4. The molecule has 1 aliphatic rings. The van der Waals surface area contributed by atoms with Gasteiger partial charge in [-0.1, -0.05) is 30.3 Å². The maximum absolute atomic E-state index is 11.9. The number of aliphatic hydroxyl groups is 1. The predicted octanol–water partition coefficient (Wildman–Crippen LogP) is 0.440. The number of esters is 1. The Morgan fingerprint density at radius 3 is 2.68 bits per heavy atom. The van der Waals surface area contributed by atoms with Gasteiger partial charge in [0.15, 0.2) is 6.04 Å². The van der Waals surface area contributed by atoms with E-state index in [2.05, 4.69) is 10.1 Å². The van der Waals surface area contributed by atoms with Crippen molar-refractivity contribution in [2.24, 2.45) is 5.92 Å². The number of rotatable bonds is 5. The van der Waals surface area contributed by atoms with Gasteiger partial charge >= 0.3 is 5.97 Å². The van der Waals surface area contributed by atoms with Gasteiger partial charge in [-0.2, -0.15) is 0 Å². The molecule has 102 valence electrons. The third kappa shape index (κ3) is 3.12. The van der Waals surface area contributed by atoms with E-state index in [0.29, 0.717) is 0 Å². The molecule has 1 fully saturated rings. The number of hydrogen-bond donors (Lipinski definition) is 2. The number of methoxy groups -OCH3 is 1. The van der Waals surface area contributed by atoms with E-state index < -0.39 is 18.6 Å². The molecule has 0 spiro atoms. The number of hydrogen-bond acceptors (Lipinski definition) is 4. The second-order valence-electron chi connectivity index (χ2n) is 4.63. The van der Waals surface area contributed by atoms with Gasteiger partial charge in [-0.25, -0.2) is 4.79 Å². The fourth-order valence-electron chi connectivity index (χ4n) is 2.15. The van der Waals surface area contributed by atoms with Crippen LogP contribution in [0.3, 0.4) is 0 Å². The van der Waals surface area contributed by atoms with Crippen LogP contribution in [0.4, 0.5) is 0 Å². The van der Waals surface area contributed by atoms with Crippen molar-refractivity contribution in [3.05, 3.63) is 35.9 Å². The molecule has 1 aromatic rings. The van der Waals surface area contributed by atoms with Crippen molar-refractivity contribution in [1.29, 1.82) is 0 Å². The van der Waals surface area contributed by atoms with Crippen LogP contribution in [0.5, 0.6) is 0 Å². The van der Waals surface area contributed by atoms with Crippen molar-refractivity contribution in [3.63, 3.8) is 0 Å². The summed E-state index contributed by atoms with van der Waals surface area (Å²) < 4.78 is 4.50. The molecule has 2 rings (SSSR count). The van der Waals surface area contributed by atoms with E-state index in [1.807, 2.05) is 30.3 Å². The highest BCUT2D eigenvalue weighted by Gasteiger charge is 2.44. The Bertz CT molecular complexity index is 460. The summed E-state index contributed by atoms with van der Waals surface area (Å²) in [5.74, 6) is -0.759. The number of carbonyl (C=O) groups is 2. The molecule has 0 bridgehead atoms. The van der Waals surface area contributed by atoms with E-state index in [1.165, 1.54) is 7.11 Å². The van der Waals surface area contributed by atoms with Gasteiger partial charge in [0.25, 0.3) is 0 Å². The SMILES string of the molecule is COC(=O)C(CO)NC(=O)C1CC1c1ccccc1. The molecule has 3 unspecified atom stereocenters. The van der Waals surface area contributed by atoms with Crippen LogP contribution < -0.4 is 5.32 Å². The second-order valence-corrected chi connectivity index (χ2v) is 4.63. The zero-order chi connectivity index (χ0) is 13.8. The quantitative estimate of drug-likeness (QED) is 0.756. The van der Waals surface area contributed by atoms with Gasteiger partial charge in [-0.05, 0) is 17.9 Å². The Morgan fingerprint density at radius 1 is 1.42 bits per heavy atom. The lowest BCUT2D eigenvalue weighted by molar-refractivity contribution is -0.146. The molecule has 2 N–H and O–H groups in total. The Morgan fingerprint density at radius 2 is 2.11 bits per heavy atom. The highest BCUT2D eigenvalue weighted by molar-refractivity contribution is 5.88. The standard InChI is InChI=1S/C14H17NO4/c1-19-14(18)12(8-16)15-13(17)11-7-10(11)9-5-3-2-4-6-9/h2-6,10-12,16H,7-8H2,1H3,(H,15,17). The van der Waals surface area contributed by atoms with Crippen LogP contribution in [0, 0.1) is 5.92 Å². The topological polar surface area (TPSA) is 75.6 Å². The molecule has 1 saturated carbocycles. The Hall–Kier alpha value is -1.88. The molecule has 5 heteroatoms. The van der Waals surface area contributed by atoms with Crippen molar-refractivity contribution >= 4 is 11.9 Å². The van der Waals surface area contributed by atoms with E-state index in [1.54, 1.807) is 0 Å². The molecule has 1 aliphatic carbocycles. The molecule has 0 aliphatic heterocycles. The zero-order valence-corrected chi connectivity index (χ0v) is 10.7. The van der Waals surface area contributed by atoms with E-state index in [4.69, 9.17) is 5.11 Å². The van der Waals surface area contributed by atoms with Gasteiger partial charge in [0, 0.05) is 5.92 Å². The fraction of sp³-hybridized carbons (Fsp3) is 0.429. The van der Waals surface area contributed by atoms with Crippen LogP contribution >= 0.6 is 0 Å². The number of benzene rings is 1. The molecule has 1 amide bonds. The second kappa shape index (κ2) is 5.84. The monoisotopic (exact) mass is 263 g/mol. The first-order valence-corrected chi connectivity index (χ1v) is 6.21. The number of amides is 1. The van der Waals surface area contributed by atoms with Gasteiger partial charge in [0.05, 0.1) is 13.7 Å². The minimum absolute atomic E-state index is 0.124. The summed E-state index contributed by atoms with van der Waals surface area (Å²) in [7, 11) is 1.22. The van der Waals surface area contributed by atoms with Crippen molar-refractivity contribution < 1.29 is 19.4 Å². The van der Waals surface area contributed by atoms with Crippen molar-refractivity contribution in [1.82, 2.24) is 5.32 Å². The van der Waals surface area contributed by atoms with Crippen LogP contribution in [0.2, 0.25) is 0 Å². The summed E-state index contributed by atoms with van der Waals surface area (Å²) in [6, 6.07) is 8.81. The third-order valence-corrected chi connectivity index (χ3v) is 3.34. The normalized spacial score (nSPS) is 22.4. The fourth-order valence-corrected chi connectivity index (χ4v) is 2.15. The summed E-state index contributed by atoms with van der Waals surface area (Å²) in [6.07, 6.45) is 0.773. The van der Waals surface area contributed by atoms with Gasteiger partial charge in [-0.15, -0.1) is 0 Å². The summed E-state index contributed by atoms with van der Waals surface area (Å²) >= 11 is 0. The molecule has 1 aromatic carbocycles. The summed E-state index contributed by atoms with van der Waals surface area (Å²) in [4.78, 5) is 23.2. The lowest BCUT2D eigenvalue weighted by atomic mass is 10.1. The lowest BCUT2D eigenvalue weighted by Gasteiger charge is -2.13. The van der Waals surface area contributed by atoms with E-state index >= 15 is 0 Å². The smallest absolute Gasteiger partial charge is 0.330 e. The number of nitrogens with one attached hydrogen (secondary N) is 1. The Labute approximate surface area is 111 Å². The summed E-state index contributed by atoms with van der Waals surface area (Å²) in [5.41, 5.74) is 1.13. The summed E-state index contributed by atoms with van der Waals surface area (Å²) in [5, 5.41) is 11.6. The third-order valence-electron chi connectivity index (χ3n) is 3.34. The molecule has 0 radical (unpaired) electrons. The maximum atomic E-state index is 11.9. The molecule has 3 atom stereocenters. The molecule has 0 saturated heterocycles. The highest BCUT2D eigenvalue weighted by Crippen LogP contribution is 2.47. The van der Waals surface area contributed by atoms with Crippen molar-refractivity contribution in [2.75, 3.05) is 13.7 Å². The van der Waals surface area contributed by atoms with Gasteiger partial charge < -0.3 is 15.2 Å². The first kappa shape index (κ1) is 13.5. The maximum Gasteiger partial charge on any atom is 0.330 e. The minimum Gasteiger partial charge on any atom is -0.467 e. The van der Waals surface area contributed by atoms with Crippen LogP contribution in [0.25, 0.3) is 0 Å². The number of carbonyl (C=O) groups excluding carboxylic acids is 2. The predicted molar refractivity (Wildman–Crippen MR) is 68.3 cm³/mol. The molecule has 19 heavy (non-hydrogen) atoms.